The zero-order valence-electron chi connectivity index (χ0n) is 22.5. The summed E-state index contributed by atoms with van der Waals surface area (Å²) in [5.74, 6) is -1.28. The van der Waals surface area contributed by atoms with Gasteiger partial charge >= 0.3 is 5.97 Å². The molecule has 1 saturated heterocycles. The Kier molecular flexibility index (Phi) is 10.7. The van der Waals surface area contributed by atoms with Gasteiger partial charge in [-0.05, 0) is 56.1 Å². The summed E-state index contributed by atoms with van der Waals surface area (Å²) in [7, 11) is 0. The Bertz CT molecular complexity index is 1100. The van der Waals surface area contributed by atoms with E-state index in [9.17, 15) is 19.5 Å². The number of rotatable bonds is 8. The first-order chi connectivity index (χ1) is 19.0. The first-order valence-corrected chi connectivity index (χ1v) is 14.1. The van der Waals surface area contributed by atoms with Crippen molar-refractivity contribution < 1.29 is 24.2 Å². The van der Waals surface area contributed by atoms with Crippen molar-refractivity contribution in [2.75, 3.05) is 19.8 Å². The molecule has 0 aliphatic carbocycles. The third kappa shape index (κ3) is 8.52. The predicted molar refractivity (Wildman–Crippen MR) is 150 cm³/mol. The van der Waals surface area contributed by atoms with Gasteiger partial charge in [0.15, 0.2) is 0 Å². The topological polar surface area (TPSA) is 95.9 Å². The number of cyclic esters (lactones) is 1. The molecule has 7 heteroatoms. The molecule has 4 rings (SSSR count). The van der Waals surface area contributed by atoms with Crippen LogP contribution < -0.4 is 5.32 Å². The number of allylic oxidation sites excluding steroid dienone is 2. The van der Waals surface area contributed by atoms with Gasteiger partial charge in [0.1, 0.15) is 6.61 Å². The lowest BCUT2D eigenvalue weighted by Crippen LogP contribution is -2.45. The minimum Gasteiger partial charge on any atom is -0.463 e. The Hall–Kier alpha value is -3.45. The quantitative estimate of drug-likeness (QED) is 0.398. The maximum absolute atomic E-state index is 13.6. The van der Waals surface area contributed by atoms with Gasteiger partial charge in [0.25, 0.3) is 0 Å². The first-order valence-electron chi connectivity index (χ1n) is 14.1. The van der Waals surface area contributed by atoms with Crippen molar-refractivity contribution in [1.29, 1.82) is 0 Å². The highest BCUT2D eigenvalue weighted by molar-refractivity contribution is 5.86. The molecular formula is C32H40N2O5. The molecule has 2 N–H and O–H groups in total. The van der Waals surface area contributed by atoms with E-state index in [1.165, 1.54) is 0 Å². The van der Waals surface area contributed by atoms with E-state index in [-0.39, 0.29) is 49.4 Å². The molecule has 0 spiro atoms. The fourth-order valence-electron chi connectivity index (χ4n) is 5.55. The smallest absolute Gasteiger partial charge is 0.309 e. The van der Waals surface area contributed by atoms with Crippen LogP contribution in [0.25, 0.3) is 0 Å². The molecule has 2 aromatic carbocycles. The van der Waals surface area contributed by atoms with Crippen LogP contribution in [-0.4, -0.2) is 59.6 Å². The summed E-state index contributed by atoms with van der Waals surface area (Å²) in [6.45, 7) is 0.609. The van der Waals surface area contributed by atoms with Gasteiger partial charge in [-0.1, -0.05) is 72.8 Å². The molecule has 2 aromatic rings. The number of fused-ring (bicyclic) bond motifs is 1. The Morgan fingerprint density at radius 2 is 1.69 bits per heavy atom. The first kappa shape index (κ1) is 28.6. The molecule has 2 aliphatic rings. The van der Waals surface area contributed by atoms with Crippen LogP contribution in [0, 0.1) is 11.8 Å². The summed E-state index contributed by atoms with van der Waals surface area (Å²) >= 11 is 0. The number of carbonyl (C=O) groups is 3. The highest BCUT2D eigenvalue weighted by atomic mass is 16.5. The number of carbonyl (C=O) groups excluding carboxylic acids is 3. The second-order valence-corrected chi connectivity index (χ2v) is 10.7. The van der Waals surface area contributed by atoms with E-state index in [1.54, 1.807) is 4.90 Å². The van der Waals surface area contributed by atoms with E-state index in [2.05, 4.69) is 5.32 Å². The Morgan fingerprint density at radius 3 is 2.41 bits per heavy atom. The van der Waals surface area contributed by atoms with Gasteiger partial charge in [0, 0.05) is 13.0 Å². The van der Waals surface area contributed by atoms with Crippen LogP contribution >= 0.6 is 0 Å². The summed E-state index contributed by atoms with van der Waals surface area (Å²) in [6.07, 6.45) is 8.60. The van der Waals surface area contributed by atoms with E-state index in [1.807, 2.05) is 72.8 Å². The normalized spacial score (nSPS) is 23.1. The number of ether oxygens (including phenoxy) is 1. The molecule has 0 saturated carbocycles. The monoisotopic (exact) mass is 532 g/mol. The van der Waals surface area contributed by atoms with E-state index in [0.29, 0.717) is 38.6 Å². The Morgan fingerprint density at radius 1 is 0.974 bits per heavy atom. The molecule has 1 fully saturated rings. The molecule has 0 aromatic heterocycles. The number of amides is 2. The Labute approximate surface area is 231 Å². The molecule has 2 aliphatic heterocycles. The van der Waals surface area contributed by atoms with E-state index in [4.69, 9.17) is 4.74 Å². The average molecular weight is 533 g/mol. The van der Waals surface area contributed by atoms with Crippen molar-refractivity contribution >= 4 is 17.8 Å². The third-order valence-corrected chi connectivity index (χ3v) is 7.70. The van der Waals surface area contributed by atoms with Crippen LogP contribution in [0.5, 0.6) is 0 Å². The van der Waals surface area contributed by atoms with Crippen molar-refractivity contribution in [1.82, 2.24) is 10.2 Å². The fourth-order valence-corrected chi connectivity index (χ4v) is 5.55. The number of nitrogens with zero attached hydrogens (tertiary/aromatic N) is 1. The summed E-state index contributed by atoms with van der Waals surface area (Å²) in [6, 6.07) is 19.1. The average Bonchev–Trinajstić information content (AvgIpc) is 3.43. The van der Waals surface area contributed by atoms with Gasteiger partial charge < -0.3 is 20.1 Å². The van der Waals surface area contributed by atoms with Gasteiger partial charge in [-0.2, -0.15) is 0 Å². The van der Waals surface area contributed by atoms with Gasteiger partial charge in [0.2, 0.25) is 11.8 Å². The van der Waals surface area contributed by atoms with Gasteiger partial charge in [-0.3, -0.25) is 14.4 Å². The summed E-state index contributed by atoms with van der Waals surface area (Å²) < 4.78 is 5.78. The zero-order valence-corrected chi connectivity index (χ0v) is 22.5. The number of nitrogens with one attached hydrogen (secondary N) is 1. The second kappa shape index (κ2) is 14.6. The number of aliphatic hydroxyl groups excluding tert-OH is 1. The van der Waals surface area contributed by atoms with Crippen molar-refractivity contribution in [3.05, 3.63) is 83.9 Å². The predicted octanol–water partition coefficient (Wildman–Crippen LogP) is 3.85. The summed E-state index contributed by atoms with van der Waals surface area (Å²) in [4.78, 5) is 41.5. The highest BCUT2D eigenvalue weighted by Crippen LogP contribution is 2.25. The minimum absolute atomic E-state index is 0.0497. The maximum atomic E-state index is 13.6. The summed E-state index contributed by atoms with van der Waals surface area (Å²) in [5.41, 5.74) is 2.13. The zero-order chi connectivity index (χ0) is 27.5. The molecule has 2 heterocycles. The van der Waals surface area contributed by atoms with Crippen molar-refractivity contribution in [2.24, 2.45) is 11.8 Å². The number of benzene rings is 2. The number of aliphatic hydroxyl groups is 1. The highest BCUT2D eigenvalue weighted by Gasteiger charge is 2.35. The van der Waals surface area contributed by atoms with E-state index in [0.717, 1.165) is 24.0 Å². The maximum Gasteiger partial charge on any atom is 0.309 e. The number of esters is 1. The molecular weight excluding hydrogens is 492 g/mol. The van der Waals surface area contributed by atoms with E-state index >= 15 is 0 Å². The second-order valence-electron chi connectivity index (χ2n) is 10.7. The number of hydrogen-bond acceptors (Lipinski definition) is 5. The van der Waals surface area contributed by atoms with Crippen LogP contribution in [0.1, 0.15) is 49.7 Å². The van der Waals surface area contributed by atoms with Gasteiger partial charge in [-0.15, -0.1) is 0 Å². The van der Waals surface area contributed by atoms with Crippen LogP contribution in [0.4, 0.5) is 0 Å². The van der Waals surface area contributed by atoms with E-state index < -0.39 is 12.0 Å². The van der Waals surface area contributed by atoms with Gasteiger partial charge in [0.05, 0.1) is 30.5 Å². The molecule has 2 amide bonds. The fraction of sp³-hybridized carbons (Fsp3) is 0.469. The van der Waals surface area contributed by atoms with Crippen molar-refractivity contribution in [3.8, 4) is 0 Å². The molecule has 7 nitrogen and oxygen atoms in total. The SMILES string of the molecule is O=C(CC1CC=CCCC(Cc2ccccc2)C(=O)OCC2CCCN2C1=O)NC(CO)Cc1ccccc1. The molecule has 0 bridgehead atoms. The lowest BCUT2D eigenvalue weighted by Gasteiger charge is -2.29. The van der Waals surface area contributed by atoms with Crippen LogP contribution in [0.3, 0.4) is 0 Å². The number of hydrogen-bond donors (Lipinski definition) is 2. The molecule has 39 heavy (non-hydrogen) atoms. The summed E-state index contributed by atoms with van der Waals surface area (Å²) in [5, 5.41) is 12.8. The molecule has 208 valence electrons. The molecule has 0 radical (unpaired) electrons. The Balaban J connectivity index is 1.42. The van der Waals surface area contributed by atoms with Crippen molar-refractivity contribution in [3.63, 3.8) is 0 Å². The van der Waals surface area contributed by atoms with Gasteiger partial charge in [-0.25, -0.2) is 0 Å². The van der Waals surface area contributed by atoms with Crippen LogP contribution in [-0.2, 0) is 32.0 Å². The largest absolute Gasteiger partial charge is 0.463 e. The third-order valence-electron chi connectivity index (χ3n) is 7.70. The standard InChI is InChI=1S/C32H40N2O5/c35-22-28(20-25-13-6-2-7-14-25)33-30(36)21-26-15-8-3-9-16-27(19-24-11-4-1-5-12-24)32(38)39-23-29-17-10-18-34(29)31(26)37/h1-8,11-14,26-29,35H,9-10,15-23H2,(H,33,36). The lowest BCUT2D eigenvalue weighted by atomic mass is 9.94. The molecule has 4 atom stereocenters. The van der Waals surface area contributed by atoms with Crippen LogP contribution in [0.15, 0.2) is 72.8 Å². The van der Waals surface area contributed by atoms with Crippen molar-refractivity contribution in [2.45, 2.75) is 63.5 Å². The minimum atomic E-state index is -0.505. The molecule has 4 unspecified atom stereocenters. The van der Waals surface area contributed by atoms with Crippen LogP contribution in [0.2, 0.25) is 0 Å². The lowest BCUT2D eigenvalue weighted by molar-refractivity contribution is -0.152.